The third kappa shape index (κ3) is 3.35. The highest BCUT2D eigenvalue weighted by Gasteiger charge is 2.29. The van der Waals surface area contributed by atoms with Crippen LogP contribution in [0.1, 0.15) is 18.6 Å². The van der Waals surface area contributed by atoms with E-state index in [-0.39, 0.29) is 12.0 Å². The lowest BCUT2D eigenvalue weighted by molar-refractivity contribution is -0.132. The Bertz CT molecular complexity index is 627. The van der Waals surface area contributed by atoms with Crippen LogP contribution in [0.2, 0.25) is 0 Å². The lowest BCUT2D eigenvalue weighted by Gasteiger charge is -2.11. The van der Waals surface area contributed by atoms with E-state index >= 15 is 0 Å². The number of hydrogen-bond donors (Lipinski definition) is 2. The molecule has 116 valence electrons. The first-order chi connectivity index (χ1) is 10.8. The standard InChI is InChI=1S/C16H19N3O3/c17-9-12-6-7-15(21-12)16(20)18-10-13-8-14(19-22-13)11-4-2-1-3-5-11/h1-5,8,12,15H,6-7,9-10,17H2,(H,18,20)/t12-,15+/m1/s1. The van der Waals surface area contributed by atoms with Gasteiger partial charge in [-0.2, -0.15) is 0 Å². The first-order valence-electron chi connectivity index (χ1n) is 7.40. The maximum Gasteiger partial charge on any atom is 0.249 e. The van der Waals surface area contributed by atoms with E-state index < -0.39 is 6.10 Å². The average Bonchev–Trinajstić information content (AvgIpc) is 3.22. The van der Waals surface area contributed by atoms with E-state index in [4.69, 9.17) is 15.0 Å². The summed E-state index contributed by atoms with van der Waals surface area (Å²) < 4.78 is 10.8. The summed E-state index contributed by atoms with van der Waals surface area (Å²) in [7, 11) is 0. The number of benzene rings is 1. The Hall–Kier alpha value is -2.18. The number of aromatic nitrogens is 1. The third-order valence-electron chi connectivity index (χ3n) is 3.73. The van der Waals surface area contributed by atoms with Gasteiger partial charge in [0.05, 0.1) is 12.6 Å². The molecular weight excluding hydrogens is 282 g/mol. The molecule has 1 aromatic heterocycles. The van der Waals surface area contributed by atoms with Gasteiger partial charge in [0.1, 0.15) is 11.8 Å². The van der Waals surface area contributed by atoms with Crippen LogP contribution in [-0.2, 0) is 16.1 Å². The third-order valence-corrected chi connectivity index (χ3v) is 3.73. The maximum atomic E-state index is 12.0. The Morgan fingerprint density at radius 3 is 2.86 bits per heavy atom. The maximum absolute atomic E-state index is 12.0. The number of rotatable bonds is 5. The van der Waals surface area contributed by atoms with Crippen molar-refractivity contribution in [3.05, 3.63) is 42.2 Å². The summed E-state index contributed by atoms with van der Waals surface area (Å²) in [5, 5.41) is 6.82. The van der Waals surface area contributed by atoms with Crippen molar-refractivity contribution < 1.29 is 14.1 Å². The normalized spacial score (nSPS) is 21.0. The highest BCUT2D eigenvalue weighted by atomic mass is 16.5. The van der Waals surface area contributed by atoms with Crippen molar-refractivity contribution in [3.8, 4) is 11.3 Å². The number of hydrogen-bond acceptors (Lipinski definition) is 5. The van der Waals surface area contributed by atoms with Gasteiger partial charge in [0, 0.05) is 18.2 Å². The lowest BCUT2D eigenvalue weighted by atomic mass is 10.1. The molecule has 22 heavy (non-hydrogen) atoms. The number of nitrogens with two attached hydrogens (primary N) is 1. The van der Waals surface area contributed by atoms with Gasteiger partial charge in [-0.3, -0.25) is 4.79 Å². The Morgan fingerprint density at radius 2 is 2.14 bits per heavy atom. The first-order valence-corrected chi connectivity index (χ1v) is 7.40. The van der Waals surface area contributed by atoms with E-state index in [0.717, 1.165) is 17.7 Å². The summed E-state index contributed by atoms with van der Waals surface area (Å²) in [6.07, 6.45) is 1.12. The molecule has 0 spiro atoms. The molecule has 0 saturated carbocycles. The molecule has 2 aromatic rings. The molecule has 1 fully saturated rings. The van der Waals surface area contributed by atoms with E-state index in [1.807, 2.05) is 36.4 Å². The molecular formula is C16H19N3O3. The van der Waals surface area contributed by atoms with E-state index in [1.165, 1.54) is 0 Å². The second-order valence-corrected chi connectivity index (χ2v) is 5.32. The molecule has 1 saturated heterocycles. The second kappa shape index (κ2) is 6.72. The zero-order valence-corrected chi connectivity index (χ0v) is 12.2. The number of ether oxygens (including phenoxy) is 1. The van der Waals surface area contributed by atoms with Crippen LogP contribution in [0.25, 0.3) is 11.3 Å². The number of amides is 1. The number of nitrogens with one attached hydrogen (secondary N) is 1. The van der Waals surface area contributed by atoms with Gasteiger partial charge >= 0.3 is 0 Å². The van der Waals surface area contributed by atoms with E-state index in [9.17, 15) is 4.79 Å². The zero-order valence-electron chi connectivity index (χ0n) is 12.2. The highest BCUT2D eigenvalue weighted by molar-refractivity contribution is 5.81. The second-order valence-electron chi connectivity index (χ2n) is 5.32. The molecule has 1 aliphatic rings. The lowest BCUT2D eigenvalue weighted by Crippen LogP contribution is -2.35. The fourth-order valence-corrected chi connectivity index (χ4v) is 2.50. The fraction of sp³-hybridized carbons (Fsp3) is 0.375. The molecule has 6 nitrogen and oxygen atoms in total. The van der Waals surface area contributed by atoms with Crippen LogP contribution in [-0.4, -0.2) is 29.8 Å². The molecule has 1 aromatic carbocycles. The first kappa shape index (κ1) is 14.7. The summed E-state index contributed by atoms with van der Waals surface area (Å²) in [5.41, 5.74) is 7.27. The van der Waals surface area contributed by atoms with E-state index in [0.29, 0.717) is 25.3 Å². The predicted molar refractivity (Wildman–Crippen MR) is 80.7 cm³/mol. The predicted octanol–water partition coefficient (Wildman–Crippen LogP) is 1.46. The Balaban J connectivity index is 1.54. The van der Waals surface area contributed by atoms with Gasteiger partial charge in [-0.25, -0.2) is 0 Å². The monoisotopic (exact) mass is 301 g/mol. The van der Waals surface area contributed by atoms with E-state index in [2.05, 4.69) is 10.5 Å². The SMILES string of the molecule is NC[C@H]1CC[C@@H](C(=O)NCc2cc(-c3ccccc3)no2)O1. The number of carbonyl (C=O) groups excluding carboxylic acids is 1. The molecule has 3 rings (SSSR count). The van der Waals surface area contributed by atoms with Crippen LogP contribution in [0.3, 0.4) is 0 Å². The molecule has 0 aliphatic carbocycles. The van der Waals surface area contributed by atoms with Gasteiger partial charge in [0.25, 0.3) is 0 Å². The van der Waals surface area contributed by atoms with Crippen LogP contribution in [0.4, 0.5) is 0 Å². The molecule has 0 unspecified atom stereocenters. The van der Waals surface area contributed by atoms with Gasteiger partial charge in [-0.15, -0.1) is 0 Å². The van der Waals surface area contributed by atoms with Gasteiger partial charge in [0.15, 0.2) is 5.76 Å². The van der Waals surface area contributed by atoms with Crippen molar-refractivity contribution in [2.45, 2.75) is 31.6 Å². The quantitative estimate of drug-likeness (QED) is 0.872. The topological polar surface area (TPSA) is 90.4 Å². The zero-order chi connectivity index (χ0) is 15.4. The van der Waals surface area contributed by atoms with Crippen molar-refractivity contribution in [1.82, 2.24) is 10.5 Å². The van der Waals surface area contributed by atoms with Gasteiger partial charge < -0.3 is 20.3 Å². The van der Waals surface area contributed by atoms with Crippen molar-refractivity contribution >= 4 is 5.91 Å². The fourth-order valence-electron chi connectivity index (χ4n) is 2.50. The molecule has 1 amide bonds. The number of nitrogens with zero attached hydrogens (tertiary/aromatic N) is 1. The van der Waals surface area contributed by atoms with Crippen LogP contribution in [0.15, 0.2) is 40.9 Å². The Kier molecular flexibility index (Phi) is 4.50. The smallest absolute Gasteiger partial charge is 0.249 e. The number of carbonyl (C=O) groups is 1. The van der Waals surface area contributed by atoms with Gasteiger partial charge in [-0.05, 0) is 12.8 Å². The van der Waals surface area contributed by atoms with Crippen molar-refractivity contribution in [3.63, 3.8) is 0 Å². The molecule has 6 heteroatoms. The molecule has 3 N–H and O–H groups in total. The molecule has 1 aliphatic heterocycles. The van der Waals surface area contributed by atoms with Crippen molar-refractivity contribution in [2.24, 2.45) is 5.73 Å². The van der Waals surface area contributed by atoms with Crippen molar-refractivity contribution in [2.75, 3.05) is 6.54 Å². The minimum Gasteiger partial charge on any atom is -0.364 e. The highest BCUT2D eigenvalue weighted by Crippen LogP contribution is 2.20. The Morgan fingerprint density at radius 1 is 1.32 bits per heavy atom. The summed E-state index contributed by atoms with van der Waals surface area (Å²) in [6, 6.07) is 11.6. The molecule has 2 heterocycles. The summed E-state index contributed by atoms with van der Waals surface area (Å²) in [5.74, 6) is 0.481. The summed E-state index contributed by atoms with van der Waals surface area (Å²) in [4.78, 5) is 12.0. The Labute approximate surface area is 128 Å². The van der Waals surface area contributed by atoms with Gasteiger partial charge in [0.2, 0.25) is 5.91 Å². The largest absolute Gasteiger partial charge is 0.364 e. The van der Waals surface area contributed by atoms with Crippen LogP contribution < -0.4 is 11.1 Å². The van der Waals surface area contributed by atoms with Crippen LogP contribution in [0.5, 0.6) is 0 Å². The van der Waals surface area contributed by atoms with E-state index in [1.54, 1.807) is 0 Å². The van der Waals surface area contributed by atoms with Crippen LogP contribution >= 0.6 is 0 Å². The molecule has 2 atom stereocenters. The minimum absolute atomic E-state index is 0.00860. The molecule has 0 bridgehead atoms. The van der Waals surface area contributed by atoms with Gasteiger partial charge in [-0.1, -0.05) is 35.5 Å². The minimum atomic E-state index is -0.412. The van der Waals surface area contributed by atoms with Crippen molar-refractivity contribution in [1.29, 1.82) is 0 Å². The van der Waals surface area contributed by atoms with Crippen LogP contribution in [0, 0.1) is 0 Å². The molecule has 0 radical (unpaired) electrons. The average molecular weight is 301 g/mol. The summed E-state index contributed by atoms with van der Waals surface area (Å²) in [6.45, 7) is 0.748. The summed E-state index contributed by atoms with van der Waals surface area (Å²) >= 11 is 0.